The number of methoxy groups -OCH3 is 1. The molecule has 1 heterocycles. The highest BCUT2D eigenvalue weighted by Gasteiger charge is 2.31. The van der Waals surface area contributed by atoms with E-state index in [1.54, 1.807) is 13.3 Å². The molecule has 0 radical (unpaired) electrons. The number of nitrogens with zero attached hydrogens (tertiary/aromatic N) is 3. The highest BCUT2D eigenvalue weighted by Crippen LogP contribution is 2.33. The summed E-state index contributed by atoms with van der Waals surface area (Å²) in [5.41, 5.74) is 7.71. The molecule has 0 amide bonds. The molecular weight excluding hydrogens is 332 g/mol. The Morgan fingerprint density at radius 3 is 2.67 bits per heavy atom. The molecule has 1 saturated carbocycles. The molecule has 2 aromatic rings. The molecule has 2 N–H and O–H groups in total. The molecule has 3 rings (SSSR count). The van der Waals surface area contributed by atoms with E-state index in [2.05, 4.69) is 30.8 Å². The van der Waals surface area contributed by atoms with Crippen LogP contribution in [0.2, 0.25) is 0 Å². The van der Waals surface area contributed by atoms with Crippen LogP contribution in [0.25, 0.3) is 0 Å². The summed E-state index contributed by atoms with van der Waals surface area (Å²) in [5.74, 6) is 1.26. The highest BCUT2D eigenvalue weighted by atomic mass is 79.9. The Balaban J connectivity index is 1.86. The lowest BCUT2D eigenvalue weighted by atomic mass is 10.2. The van der Waals surface area contributed by atoms with Crippen molar-refractivity contribution in [3.8, 4) is 5.88 Å². The molecule has 1 aliphatic carbocycles. The third-order valence-corrected chi connectivity index (χ3v) is 4.01. The van der Waals surface area contributed by atoms with Crippen molar-refractivity contribution in [1.29, 1.82) is 0 Å². The van der Waals surface area contributed by atoms with Crippen molar-refractivity contribution >= 4 is 27.6 Å². The third-order valence-electron chi connectivity index (χ3n) is 3.47. The molecular formula is C15H17BrN4O. The summed E-state index contributed by atoms with van der Waals surface area (Å²) in [7, 11) is 1.61. The number of hydrogen-bond donors (Lipinski definition) is 1. The van der Waals surface area contributed by atoms with Crippen molar-refractivity contribution in [3.05, 3.63) is 40.5 Å². The van der Waals surface area contributed by atoms with Crippen molar-refractivity contribution < 1.29 is 4.74 Å². The number of hydrogen-bond acceptors (Lipinski definition) is 5. The maximum absolute atomic E-state index is 5.74. The van der Waals surface area contributed by atoms with Crippen LogP contribution in [-0.4, -0.2) is 23.1 Å². The van der Waals surface area contributed by atoms with Gasteiger partial charge in [0.15, 0.2) is 0 Å². The minimum Gasteiger partial charge on any atom is -0.480 e. The van der Waals surface area contributed by atoms with Crippen LogP contribution in [0.3, 0.4) is 0 Å². The molecule has 0 unspecified atom stereocenters. The molecule has 1 aliphatic rings. The number of halogens is 1. The van der Waals surface area contributed by atoms with Gasteiger partial charge in [-0.2, -0.15) is 4.98 Å². The number of nitrogens with two attached hydrogens (primary N) is 1. The monoisotopic (exact) mass is 348 g/mol. The number of benzene rings is 1. The zero-order chi connectivity index (χ0) is 14.8. The molecule has 1 aromatic carbocycles. The van der Waals surface area contributed by atoms with Gasteiger partial charge in [-0.15, -0.1) is 0 Å². The van der Waals surface area contributed by atoms with E-state index in [1.165, 1.54) is 18.4 Å². The lowest BCUT2D eigenvalue weighted by Gasteiger charge is -2.23. The van der Waals surface area contributed by atoms with Crippen LogP contribution in [0.4, 0.5) is 11.6 Å². The van der Waals surface area contributed by atoms with Gasteiger partial charge >= 0.3 is 0 Å². The SMILES string of the molecule is COc1nc(N(Cc2ccc(N)cc2)C2CC2)ncc1Br. The first-order valence-electron chi connectivity index (χ1n) is 6.85. The second-order valence-corrected chi connectivity index (χ2v) is 5.98. The molecule has 5 nitrogen and oxygen atoms in total. The number of anilines is 2. The highest BCUT2D eigenvalue weighted by molar-refractivity contribution is 9.10. The van der Waals surface area contributed by atoms with Gasteiger partial charge in [-0.25, -0.2) is 4.98 Å². The van der Waals surface area contributed by atoms with E-state index in [4.69, 9.17) is 10.5 Å². The summed E-state index contributed by atoms with van der Waals surface area (Å²) >= 11 is 3.38. The van der Waals surface area contributed by atoms with Crippen molar-refractivity contribution in [3.63, 3.8) is 0 Å². The zero-order valence-electron chi connectivity index (χ0n) is 11.8. The van der Waals surface area contributed by atoms with E-state index >= 15 is 0 Å². The first-order chi connectivity index (χ1) is 10.2. The Bertz CT molecular complexity index is 628. The zero-order valence-corrected chi connectivity index (χ0v) is 13.4. The Kier molecular flexibility index (Phi) is 3.96. The second kappa shape index (κ2) is 5.89. The molecule has 0 atom stereocenters. The molecule has 0 aliphatic heterocycles. The van der Waals surface area contributed by atoms with E-state index in [9.17, 15) is 0 Å². The molecule has 110 valence electrons. The van der Waals surface area contributed by atoms with Gasteiger partial charge in [0.05, 0.1) is 17.8 Å². The predicted octanol–water partition coefficient (Wildman–Crippen LogP) is 3.00. The van der Waals surface area contributed by atoms with Crippen LogP contribution in [0.5, 0.6) is 5.88 Å². The fourth-order valence-electron chi connectivity index (χ4n) is 2.19. The summed E-state index contributed by atoms with van der Waals surface area (Å²) in [4.78, 5) is 11.1. The van der Waals surface area contributed by atoms with Crippen LogP contribution in [0.15, 0.2) is 34.9 Å². The molecule has 21 heavy (non-hydrogen) atoms. The standard InChI is InChI=1S/C15H17BrN4O/c1-21-14-13(16)8-18-15(19-14)20(12-6-7-12)9-10-2-4-11(17)5-3-10/h2-5,8,12H,6-7,9,17H2,1H3. The Morgan fingerprint density at radius 2 is 2.05 bits per heavy atom. The molecule has 1 fully saturated rings. The van der Waals surface area contributed by atoms with Crippen LogP contribution in [0, 0.1) is 0 Å². The van der Waals surface area contributed by atoms with Crippen LogP contribution in [-0.2, 0) is 6.54 Å². The van der Waals surface area contributed by atoms with Gasteiger partial charge in [-0.05, 0) is 46.5 Å². The van der Waals surface area contributed by atoms with Crippen LogP contribution < -0.4 is 15.4 Å². The first kappa shape index (κ1) is 14.1. The molecule has 1 aromatic heterocycles. The summed E-state index contributed by atoms with van der Waals surface area (Å²) in [5, 5.41) is 0. The van der Waals surface area contributed by atoms with Crippen molar-refractivity contribution in [1.82, 2.24) is 9.97 Å². The summed E-state index contributed by atoms with van der Waals surface area (Å²) < 4.78 is 6.02. The topological polar surface area (TPSA) is 64.3 Å². The van der Waals surface area contributed by atoms with E-state index < -0.39 is 0 Å². The largest absolute Gasteiger partial charge is 0.480 e. The van der Waals surface area contributed by atoms with Gasteiger partial charge in [0, 0.05) is 18.3 Å². The van der Waals surface area contributed by atoms with Crippen molar-refractivity contribution in [2.75, 3.05) is 17.7 Å². The number of ether oxygens (including phenoxy) is 1. The van der Waals surface area contributed by atoms with Crippen molar-refractivity contribution in [2.24, 2.45) is 0 Å². The summed E-state index contributed by atoms with van der Waals surface area (Å²) in [6.45, 7) is 0.774. The average Bonchev–Trinajstić information content (AvgIpc) is 3.32. The normalized spacial score (nSPS) is 14.0. The summed E-state index contributed by atoms with van der Waals surface area (Å²) in [6.07, 6.45) is 4.09. The van der Waals surface area contributed by atoms with Gasteiger partial charge in [-0.3, -0.25) is 0 Å². The number of aromatic nitrogens is 2. The van der Waals surface area contributed by atoms with Gasteiger partial charge in [0.25, 0.3) is 0 Å². The maximum atomic E-state index is 5.74. The Labute approximate surface area is 132 Å². The van der Waals surface area contributed by atoms with Gasteiger partial charge < -0.3 is 15.4 Å². The first-order valence-corrected chi connectivity index (χ1v) is 7.64. The number of rotatable bonds is 5. The van der Waals surface area contributed by atoms with Crippen molar-refractivity contribution in [2.45, 2.75) is 25.4 Å². The fourth-order valence-corrected chi connectivity index (χ4v) is 2.55. The van der Waals surface area contributed by atoms with E-state index in [-0.39, 0.29) is 0 Å². The average molecular weight is 349 g/mol. The molecule has 0 bridgehead atoms. The number of nitrogen functional groups attached to an aromatic ring is 1. The summed E-state index contributed by atoms with van der Waals surface area (Å²) in [6, 6.07) is 8.43. The van der Waals surface area contributed by atoms with E-state index in [0.717, 1.165) is 16.7 Å². The maximum Gasteiger partial charge on any atom is 0.232 e. The predicted molar refractivity (Wildman–Crippen MR) is 86.3 cm³/mol. The van der Waals surface area contributed by atoms with Gasteiger partial charge in [0.2, 0.25) is 11.8 Å². The minimum absolute atomic E-state index is 0.508. The molecule has 0 saturated heterocycles. The van der Waals surface area contributed by atoms with Gasteiger partial charge in [0.1, 0.15) is 0 Å². The van der Waals surface area contributed by atoms with E-state index in [0.29, 0.717) is 17.9 Å². The van der Waals surface area contributed by atoms with E-state index in [1.807, 2.05) is 24.3 Å². The third kappa shape index (κ3) is 3.26. The lowest BCUT2D eigenvalue weighted by molar-refractivity contribution is 0.393. The fraction of sp³-hybridized carbons (Fsp3) is 0.333. The molecule has 6 heteroatoms. The van der Waals surface area contributed by atoms with Gasteiger partial charge in [-0.1, -0.05) is 12.1 Å². The minimum atomic E-state index is 0.508. The quantitative estimate of drug-likeness (QED) is 0.841. The second-order valence-electron chi connectivity index (χ2n) is 5.13. The molecule has 0 spiro atoms. The smallest absolute Gasteiger partial charge is 0.232 e. The Hall–Kier alpha value is -1.82. The Morgan fingerprint density at radius 1 is 1.33 bits per heavy atom. The van der Waals surface area contributed by atoms with Crippen LogP contribution in [0.1, 0.15) is 18.4 Å². The van der Waals surface area contributed by atoms with Crippen LogP contribution >= 0.6 is 15.9 Å². The lowest BCUT2D eigenvalue weighted by Crippen LogP contribution is -2.27.